The first-order valence-corrected chi connectivity index (χ1v) is 7.30. The lowest BCUT2D eigenvalue weighted by molar-refractivity contribution is -0.144. The zero-order valence-electron chi connectivity index (χ0n) is 10.6. The maximum Gasteiger partial charge on any atom is 0.331 e. The number of nitrogens with one attached hydrogen (secondary N) is 1. The quantitative estimate of drug-likeness (QED) is 0.665. The van der Waals surface area contributed by atoms with Crippen molar-refractivity contribution in [2.75, 3.05) is 6.61 Å². The molecule has 0 spiro atoms. The molecular formula is C14H17NO3S. The number of esters is 1. The Bertz CT molecular complexity index is 447. The fourth-order valence-electron chi connectivity index (χ4n) is 2.06. The van der Waals surface area contributed by atoms with E-state index in [2.05, 4.69) is 5.32 Å². The summed E-state index contributed by atoms with van der Waals surface area (Å²) in [5, 5.41) is 4.80. The summed E-state index contributed by atoms with van der Waals surface area (Å²) in [5.74, 6) is -0.709. The van der Waals surface area contributed by atoms with Gasteiger partial charge in [-0.3, -0.25) is 4.79 Å². The van der Waals surface area contributed by atoms with Crippen LogP contribution in [0, 0.1) is 0 Å². The molecule has 0 unspecified atom stereocenters. The van der Waals surface area contributed by atoms with Crippen molar-refractivity contribution < 1.29 is 14.3 Å². The minimum Gasteiger partial charge on any atom is -0.452 e. The minimum absolute atomic E-state index is 0.204. The van der Waals surface area contributed by atoms with Gasteiger partial charge in [-0.25, -0.2) is 4.79 Å². The fraction of sp³-hybridized carbons (Fsp3) is 0.429. The van der Waals surface area contributed by atoms with Gasteiger partial charge in [0.2, 0.25) is 0 Å². The van der Waals surface area contributed by atoms with Gasteiger partial charge in [0.25, 0.3) is 5.91 Å². The molecule has 1 aromatic heterocycles. The molecule has 1 heterocycles. The number of amides is 1. The predicted octanol–water partition coefficient (Wildman–Crippen LogP) is 2.36. The third-order valence-corrected chi connectivity index (χ3v) is 3.83. The van der Waals surface area contributed by atoms with E-state index in [0.717, 1.165) is 30.6 Å². The first kappa shape index (κ1) is 13.8. The lowest BCUT2D eigenvalue weighted by atomic mass is 10.2. The first-order chi connectivity index (χ1) is 9.24. The van der Waals surface area contributed by atoms with Crippen LogP contribution < -0.4 is 5.32 Å². The molecule has 5 heteroatoms. The van der Waals surface area contributed by atoms with Gasteiger partial charge in [0.15, 0.2) is 6.61 Å². The van der Waals surface area contributed by atoms with E-state index < -0.39 is 5.97 Å². The van der Waals surface area contributed by atoms with E-state index in [4.69, 9.17) is 4.74 Å². The van der Waals surface area contributed by atoms with Crippen molar-refractivity contribution in [2.24, 2.45) is 0 Å². The second kappa shape index (κ2) is 7.09. The van der Waals surface area contributed by atoms with E-state index in [9.17, 15) is 9.59 Å². The Labute approximate surface area is 116 Å². The lowest BCUT2D eigenvalue weighted by Gasteiger charge is -2.11. The van der Waals surface area contributed by atoms with Crippen LogP contribution in [0.3, 0.4) is 0 Å². The van der Waals surface area contributed by atoms with Gasteiger partial charge in [-0.15, -0.1) is 11.3 Å². The van der Waals surface area contributed by atoms with Crippen LogP contribution in [0.2, 0.25) is 0 Å². The van der Waals surface area contributed by atoms with E-state index in [1.165, 1.54) is 17.4 Å². The van der Waals surface area contributed by atoms with E-state index in [0.29, 0.717) is 0 Å². The number of hydrogen-bond donors (Lipinski definition) is 1. The smallest absolute Gasteiger partial charge is 0.331 e. The van der Waals surface area contributed by atoms with Crippen molar-refractivity contribution in [3.8, 4) is 0 Å². The Morgan fingerprint density at radius 3 is 2.89 bits per heavy atom. The number of carbonyl (C=O) groups excluding carboxylic acids is 2. The molecule has 2 rings (SSSR count). The molecule has 1 aromatic rings. The van der Waals surface area contributed by atoms with Crippen molar-refractivity contribution in [2.45, 2.75) is 31.7 Å². The van der Waals surface area contributed by atoms with Gasteiger partial charge in [0.1, 0.15) is 0 Å². The third-order valence-electron chi connectivity index (χ3n) is 2.99. The number of rotatable bonds is 5. The zero-order valence-corrected chi connectivity index (χ0v) is 11.4. The van der Waals surface area contributed by atoms with Gasteiger partial charge in [0.05, 0.1) is 0 Å². The van der Waals surface area contributed by atoms with Gasteiger partial charge < -0.3 is 10.1 Å². The summed E-state index contributed by atoms with van der Waals surface area (Å²) < 4.78 is 4.88. The van der Waals surface area contributed by atoms with Crippen LogP contribution in [0.4, 0.5) is 0 Å². The van der Waals surface area contributed by atoms with Gasteiger partial charge in [-0.05, 0) is 30.4 Å². The van der Waals surface area contributed by atoms with Gasteiger partial charge in [-0.1, -0.05) is 18.9 Å². The molecule has 1 saturated carbocycles. The molecule has 4 nitrogen and oxygen atoms in total. The molecule has 0 aliphatic heterocycles. The monoisotopic (exact) mass is 279 g/mol. The largest absolute Gasteiger partial charge is 0.452 e. The topological polar surface area (TPSA) is 55.4 Å². The second-order valence-electron chi connectivity index (χ2n) is 4.51. The van der Waals surface area contributed by atoms with Crippen LogP contribution in [0.1, 0.15) is 30.6 Å². The normalized spacial score (nSPS) is 15.8. The van der Waals surface area contributed by atoms with Crippen molar-refractivity contribution in [3.63, 3.8) is 0 Å². The highest BCUT2D eigenvalue weighted by atomic mass is 32.1. The summed E-state index contributed by atoms with van der Waals surface area (Å²) in [7, 11) is 0. The fourth-order valence-corrected chi connectivity index (χ4v) is 2.68. The van der Waals surface area contributed by atoms with Gasteiger partial charge in [0, 0.05) is 17.0 Å². The van der Waals surface area contributed by atoms with Crippen molar-refractivity contribution in [1.29, 1.82) is 0 Å². The molecule has 1 N–H and O–H groups in total. The highest BCUT2D eigenvalue weighted by Crippen LogP contribution is 2.17. The van der Waals surface area contributed by atoms with E-state index in [1.807, 2.05) is 17.5 Å². The number of ether oxygens (including phenoxy) is 1. The number of thiophene rings is 1. The Balaban J connectivity index is 1.66. The van der Waals surface area contributed by atoms with E-state index in [-0.39, 0.29) is 18.6 Å². The summed E-state index contributed by atoms with van der Waals surface area (Å²) in [4.78, 5) is 23.9. The van der Waals surface area contributed by atoms with Crippen LogP contribution in [-0.2, 0) is 14.3 Å². The average Bonchev–Trinajstić information content (AvgIpc) is 3.06. The van der Waals surface area contributed by atoms with E-state index in [1.54, 1.807) is 6.08 Å². The molecule has 1 aliphatic rings. The van der Waals surface area contributed by atoms with Crippen molar-refractivity contribution >= 4 is 29.3 Å². The first-order valence-electron chi connectivity index (χ1n) is 6.42. The van der Waals surface area contributed by atoms with Crippen LogP contribution in [0.15, 0.2) is 23.6 Å². The molecule has 0 atom stereocenters. The average molecular weight is 279 g/mol. The Kier molecular flexibility index (Phi) is 5.15. The maximum absolute atomic E-state index is 11.5. The van der Waals surface area contributed by atoms with Crippen LogP contribution in [-0.4, -0.2) is 24.5 Å². The molecule has 0 saturated heterocycles. The zero-order chi connectivity index (χ0) is 13.5. The molecular weight excluding hydrogens is 262 g/mol. The molecule has 1 fully saturated rings. The van der Waals surface area contributed by atoms with E-state index >= 15 is 0 Å². The maximum atomic E-state index is 11.5. The lowest BCUT2D eigenvalue weighted by Crippen LogP contribution is -2.35. The predicted molar refractivity (Wildman–Crippen MR) is 74.7 cm³/mol. The summed E-state index contributed by atoms with van der Waals surface area (Å²) in [6.07, 6.45) is 7.40. The summed E-state index contributed by atoms with van der Waals surface area (Å²) >= 11 is 1.54. The number of carbonyl (C=O) groups is 2. The van der Waals surface area contributed by atoms with Crippen LogP contribution in [0.5, 0.6) is 0 Å². The molecule has 0 bridgehead atoms. The molecule has 0 aromatic carbocycles. The second-order valence-corrected chi connectivity index (χ2v) is 5.48. The highest BCUT2D eigenvalue weighted by molar-refractivity contribution is 7.10. The van der Waals surface area contributed by atoms with Crippen molar-refractivity contribution in [1.82, 2.24) is 5.32 Å². The number of hydrogen-bond acceptors (Lipinski definition) is 4. The van der Waals surface area contributed by atoms with Crippen molar-refractivity contribution in [3.05, 3.63) is 28.5 Å². The third kappa shape index (κ3) is 4.87. The Morgan fingerprint density at radius 2 is 2.21 bits per heavy atom. The van der Waals surface area contributed by atoms with Gasteiger partial charge >= 0.3 is 5.97 Å². The molecule has 102 valence electrons. The Hall–Kier alpha value is -1.62. The molecule has 0 radical (unpaired) electrons. The van der Waals surface area contributed by atoms with Gasteiger partial charge in [-0.2, -0.15) is 0 Å². The van der Waals surface area contributed by atoms with Crippen LogP contribution in [0.25, 0.3) is 6.08 Å². The summed E-state index contributed by atoms with van der Waals surface area (Å²) in [5.41, 5.74) is 0. The molecule has 1 amide bonds. The van der Waals surface area contributed by atoms with Crippen LogP contribution >= 0.6 is 11.3 Å². The standard InChI is InChI=1S/C14H17NO3S/c16-13(15-11-4-1-2-5-11)10-18-14(17)8-7-12-6-3-9-19-12/h3,6-9,11H,1-2,4-5,10H2,(H,15,16)/b8-7+. The molecule has 1 aliphatic carbocycles. The summed E-state index contributed by atoms with van der Waals surface area (Å²) in [6, 6.07) is 4.07. The summed E-state index contributed by atoms with van der Waals surface area (Å²) in [6.45, 7) is -0.204. The highest BCUT2D eigenvalue weighted by Gasteiger charge is 2.17. The SMILES string of the molecule is O=C(COC(=O)/C=C/c1cccs1)NC1CCCC1. The molecule has 19 heavy (non-hydrogen) atoms. The minimum atomic E-state index is -0.491. The Morgan fingerprint density at radius 1 is 1.42 bits per heavy atom.